The van der Waals surface area contributed by atoms with Crippen LogP contribution in [0.4, 0.5) is 0 Å². The normalized spacial score (nSPS) is 34.8. The molecule has 0 aromatic carbocycles. The lowest BCUT2D eigenvalue weighted by Gasteiger charge is -2.10. The number of hydrogen-bond donors (Lipinski definition) is 1. The summed E-state index contributed by atoms with van der Waals surface area (Å²) in [5, 5.41) is 3.35. The standard InChI is InChI=1S/C8H15N/c1-3-7-5-9-6-8(7)4-2/h3,7-9H,1,4-6H2,2H3. The van der Waals surface area contributed by atoms with E-state index in [0.717, 1.165) is 18.4 Å². The molecule has 0 spiro atoms. The van der Waals surface area contributed by atoms with E-state index < -0.39 is 0 Å². The Morgan fingerprint density at radius 3 is 2.89 bits per heavy atom. The van der Waals surface area contributed by atoms with Crippen molar-refractivity contribution in [1.82, 2.24) is 5.32 Å². The second kappa shape index (κ2) is 3.02. The van der Waals surface area contributed by atoms with Gasteiger partial charge in [0.15, 0.2) is 0 Å². The minimum atomic E-state index is 0.731. The van der Waals surface area contributed by atoms with Crippen LogP contribution in [0.2, 0.25) is 0 Å². The lowest BCUT2D eigenvalue weighted by Crippen LogP contribution is -2.08. The molecule has 1 heteroatoms. The quantitative estimate of drug-likeness (QED) is 0.550. The van der Waals surface area contributed by atoms with Crippen molar-refractivity contribution in [3.05, 3.63) is 12.7 Å². The van der Waals surface area contributed by atoms with Crippen LogP contribution >= 0.6 is 0 Å². The van der Waals surface area contributed by atoms with Crippen LogP contribution in [-0.4, -0.2) is 13.1 Å². The van der Waals surface area contributed by atoms with E-state index in [2.05, 4.69) is 24.9 Å². The Morgan fingerprint density at radius 1 is 1.67 bits per heavy atom. The van der Waals surface area contributed by atoms with Crippen molar-refractivity contribution < 1.29 is 0 Å². The van der Waals surface area contributed by atoms with Crippen molar-refractivity contribution in [3.63, 3.8) is 0 Å². The van der Waals surface area contributed by atoms with Crippen molar-refractivity contribution in [2.24, 2.45) is 11.8 Å². The lowest BCUT2D eigenvalue weighted by atomic mass is 9.94. The van der Waals surface area contributed by atoms with E-state index in [1.165, 1.54) is 13.0 Å². The van der Waals surface area contributed by atoms with Crippen LogP contribution in [0.25, 0.3) is 0 Å². The fraction of sp³-hybridized carbons (Fsp3) is 0.750. The maximum Gasteiger partial charge on any atom is 0.00173 e. The van der Waals surface area contributed by atoms with E-state index in [1.54, 1.807) is 0 Å². The van der Waals surface area contributed by atoms with Gasteiger partial charge < -0.3 is 5.32 Å². The highest BCUT2D eigenvalue weighted by Gasteiger charge is 2.21. The van der Waals surface area contributed by atoms with Gasteiger partial charge in [-0.05, 0) is 18.4 Å². The molecule has 52 valence electrons. The van der Waals surface area contributed by atoms with Crippen molar-refractivity contribution in [3.8, 4) is 0 Å². The first-order chi connectivity index (χ1) is 4.38. The zero-order valence-electron chi connectivity index (χ0n) is 6.06. The summed E-state index contributed by atoms with van der Waals surface area (Å²) in [6.45, 7) is 8.37. The molecule has 2 unspecified atom stereocenters. The van der Waals surface area contributed by atoms with Crippen molar-refractivity contribution in [2.75, 3.05) is 13.1 Å². The van der Waals surface area contributed by atoms with Gasteiger partial charge in [-0.25, -0.2) is 0 Å². The Labute approximate surface area is 57.1 Å². The topological polar surface area (TPSA) is 12.0 Å². The first-order valence-electron chi connectivity index (χ1n) is 3.71. The van der Waals surface area contributed by atoms with Crippen LogP contribution < -0.4 is 5.32 Å². The molecule has 1 aliphatic rings. The predicted octanol–water partition coefficient (Wildman–Crippen LogP) is 1.42. The molecule has 0 aromatic rings. The van der Waals surface area contributed by atoms with E-state index >= 15 is 0 Å². The highest BCUT2D eigenvalue weighted by atomic mass is 14.9. The zero-order chi connectivity index (χ0) is 6.69. The first kappa shape index (κ1) is 6.81. The molecule has 1 N–H and O–H groups in total. The van der Waals surface area contributed by atoms with Crippen LogP contribution in [0.3, 0.4) is 0 Å². The zero-order valence-corrected chi connectivity index (χ0v) is 6.06. The molecule has 0 aromatic heterocycles. The van der Waals surface area contributed by atoms with Crippen LogP contribution in [0.15, 0.2) is 12.7 Å². The van der Waals surface area contributed by atoms with Crippen LogP contribution in [0.1, 0.15) is 13.3 Å². The molecule has 1 aliphatic heterocycles. The molecular weight excluding hydrogens is 110 g/mol. The van der Waals surface area contributed by atoms with Gasteiger partial charge in [-0.15, -0.1) is 6.58 Å². The van der Waals surface area contributed by atoms with Gasteiger partial charge in [0.25, 0.3) is 0 Å². The van der Waals surface area contributed by atoms with Crippen LogP contribution in [-0.2, 0) is 0 Å². The number of hydrogen-bond acceptors (Lipinski definition) is 1. The summed E-state index contributed by atoms with van der Waals surface area (Å²) < 4.78 is 0. The molecule has 0 bridgehead atoms. The van der Waals surface area contributed by atoms with Gasteiger partial charge in [0, 0.05) is 6.54 Å². The molecule has 1 fully saturated rings. The fourth-order valence-electron chi connectivity index (χ4n) is 1.48. The van der Waals surface area contributed by atoms with Gasteiger partial charge in [0.05, 0.1) is 0 Å². The SMILES string of the molecule is C=CC1CNCC1CC. The smallest absolute Gasteiger partial charge is 0.00173 e. The average molecular weight is 125 g/mol. The number of rotatable bonds is 2. The average Bonchev–Trinajstić information content (AvgIpc) is 2.33. The Morgan fingerprint density at radius 2 is 2.44 bits per heavy atom. The summed E-state index contributed by atoms with van der Waals surface area (Å²) in [5.41, 5.74) is 0. The largest absolute Gasteiger partial charge is 0.316 e. The van der Waals surface area contributed by atoms with Gasteiger partial charge in [-0.2, -0.15) is 0 Å². The summed E-state index contributed by atoms with van der Waals surface area (Å²) in [6.07, 6.45) is 3.36. The molecule has 1 saturated heterocycles. The van der Waals surface area contributed by atoms with E-state index in [9.17, 15) is 0 Å². The van der Waals surface area contributed by atoms with Crippen molar-refractivity contribution in [2.45, 2.75) is 13.3 Å². The van der Waals surface area contributed by atoms with E-state index in [0.29, 0.717) is 0 Å². The maximum atomic E-state index is 3.80. The number of nitrogens with one attached hydrogen (secondary N) is 1. The van der Waals surface area contributed by atoms with Gasteiger partial charge in [0.2, 0.25) is 0 Å². The second-order valence-corrected chi connectivity index (χ2v) is 2.73. The van der Waals surface area contributed by atoms with E-state index in [1.807, 2.05) is 0 Å². The van der Waals surface area contributed by atoms with Gasteiger partial charge in [0.1, 0.15) is 0 Å². The third-order valence-corrected chi connectivity index (χ3v) is 2.22. The Kier molecular flexibility index (Phi) is 2.29. The lowest BCUT2D eigenvalue weighted by molar-refractivity contribution is 0.479. The molecule has 0 aliphatic carbocycles. The van der Waals surface area contributed by atoms with Gasteiger partial charge in [-0.3, -0.25) is 0 Å². The Bertz CT molecular complexity index is 98.7. The van der Waals surface area contributed by atoms with Gasteiger partial charge >= 0.3 is 0 Å². The summed E-state index contributed by atoms with van der Waals surface area (Å²) in [6, 6.07) is 0. The minimum absolute atomic E-state index is 0.731. The summed E-state index contributed by atoms with van der Waals surface area (Å²) in [7, 11) is 0. The molecule has 0 radical (unpaired) electrons. The molecule has 2 atom stereocenters. The Hall–Kier alpha value is -0.300. The highest BCUT2D eigenvalue weighted by Crippen LogP contribution is 2.19. The van der Waals surface area contributed by atoms with Crippen molar-refractivity contribution in [1.29, 1.82) is 0 Å². The van der Waals surface area contributed by atoms with Gasteiger partial charge in [-0.1, -0.05) is 19.4 Å². The van der Waals surface area contributed by atoms with Crippen LogP contribution in [0, 0.1) is 11.8 Å². The highest BCUT2D eigenvalue weighted by molar-refractivity contribution is 4.91. The summed E-state index contributed by atoms with van der Waals surface area (Å²) in [4.78, 5) is 0. The molecule has 9 heavy (non-hydrogen) atoms. The van der Waals surface area contributed by atoms with Crippen LogP contribution in [0.5, 0.6) is 0 Å². The third kappa shape index (κ3) is 1.33. The maximum absolute atomic E-state index is 3.80. The molecule has 1 nitrogen and oxygen atoms in total. The molecule has 1 rings (SSSR count). The predicted molar refractivity (Wildman–Crippen MR) is 40.3 cm³/mol. The van der Waals surface area contributed by atoms with Crippen molar-refractivity contribution >= 4 is 0 Å². The molecule has 0 amide bonds. The monoisotopic (exact) mass is 125 g/mol. The fourth-order valence-corrected chi connectivity index (χ4v) is 1.48. The molecular formula is C8H15N. The summed E-state index contributed by atoms with van der Waals surface area (Å²) in [5.74, 6) is 1.58. The molecule has 1 heterocycles. The Balaban J connectivity index is 2.41. The minimum Gasteiger partial charge on any atom is -0.316 e. The first-order valence-corrected chi connectivity index (χ1v) is 3.71. The van der Waals surface area contributed by atoms with E-state index in [4.69, 9.17) is 0 Å². The third-order valence-electron chi connectivity index (χ3n) is 2.22. The molecule has 0 saturated carbocycles. The summed E-state index contributed by atoms with van der Waals surface area (Å²) >= 11 is 0. The second-order valence-electron chi connectivity index (χ2n) is 2.73. The van der Waals surface area contributed by atoms with E-state index in [-0.39, 0.29) is 0 Å².